The average molecular weight is 180 g/mol. The fourth-order valence-electron chi connectivity index (χ4n) is 1.16. The highest BCUT2D eigenvalue weighted by Crippen LogP contribution is 2.14. The molecular formula is C11H16O2. The Morgan fingerprint density at radius 1 is 1.31 bits per heavy atom. The number of phenols is 1. The number of rotatable bonds is 3. The lowest BCUT2D eigenvalue weighted by molar-refractivity contribution is 0.125. The van der Waals surface area contributed by atoms with Gasteiger partial charge in [-0.1, -0.05) is 26.0 Å². The lowest BCUT2D eigenvalue weighted by Crippen LogP contribution is -2.17. The fraction of sp³-hybridized carbons (Fsp3) is 0.455. The van der Waals surface area contributed by atoms with Crippen molar-refractivity contribution in [3.63, 3.8) is 0 Å². The van der Waals surface area contributed by atoms with E-state index in [1.54, 1.807) is 18.2 Å². The summed E-state index contributed by atoms with van der Waals surface area (Å²) in [6, 6.07) is 7.01. The summed E-state index contributed by atoms with van der Waals surface area (Å²) in [4.78, 5) is 0. The summed E-state index contributed by atoms with van der Waals surface area (Å²) >= 11 is 0. The number of aliphatic hydroxyl groups excluding tert-OH is 1. The van der Waals surface area contributed by atoms with Crippen molar-refractivity contribution < 1.29 is 10.2 Å². The monoisotopic (exact) mass is 180 g/mol. The van der Waals surface area contributed by atoms with Gasteiger partial charge in [0.25, 0.3) is 0 Å². The molecule has 0 bridgehead atoms. The SMILES string of the molecule is CC(C)C(O)Cc1cccc(O)c1. The van der Waals surface area contributed by atoms with E-state index in [2.05, 4.69) is 0 Å². The Balaban J connectivity index is 2.64. The second-order valence-corrected chi connectivity index (χ2v) is 3.69. The van der Waals surface area contributed by atoms with Gasteiger partial charge >= 0.3 is 0 Å². The Labute approximate surface area is 78.8 Å². The van der Waals surface area contributed by atoms with Crippen molar-refractivity contribution in [2.24, 2.45) is 5.92 Å². The van der Waals surface area contributed by atoms with Gasteiger partial charge in [-0.3, -0.25) is 0 Å². The van der Waals surface area contributed by atoms with Crippen LogP contribution < -0.4 is 0 Å². The van der Waals surface area contributed by atoms with Gasteiger partial charge in [0.2, 0.25) is 0 Å². The zero-order chi connectivity index (χ0) is 9.84. The number of aromatic hydroxyl groups is 1. The summed E-state index contributed by atoms with van der Waals surface area (Å²) in [6.07, 6.45) is 0.272. The van der Waals surface area contributed by atoms with Crippen LogP contribution in [0.2, 0.25) is 0 Å². The van der Waals surface area contributed by atoms with Gasteiger partial charge in [0.15, 0.2) is 0 Å². The van der Waals surface area contributed by atoms with Crippen LogP contribution in [0, 0.1) is 5.92 Å². The molecule has 1 aromatic carbocycles. The summed E-state index contributed by atoms with van der Waals surface area (Å²) in [6.45, 7) is 3.96. The minimum atomic E-state index is -0.332. The molecule has 0 amide bonds. The van der Waals surface area contributed by atoms with Crippen LogP contribution in [0.1, 0.15) is 19.4 Å². The summed E-state index contributed by atoms with van der Waals surface area (Å²) in [5, 5.41) is 18.8. The summed E-state index contributed by atoms with van der Waals surface area (Å²) in [5.41, 5.74) is 0.973. The third-order valence-electron chi connectivity index (χ3n) is 2.12. The van der Waals surface area contributed by atoms with E-state index in [9.17, 15) is 10.2 Å². The Morgan fingerprint density at radius 3 is 2.54 bits per heavy atom. The normalized spacial score (nSPS) is 13.2. The number of aliphatic hydroxyl groups is 1. The van der Waals surface area contributed by atoms with Crippen LogP contribution in [0.15, 0.2) is 24.3 Å². The van der Waals surface area contributed by atoms with Crippen molar-refractivity contribution in [2.45, 2.75) is 26.4 Å². The van der Waals surface area contributed by atoms with Crippen LogP contribution in [0.5, 0.6) is 5.75 Å². The zero-order valence-electron chi connectivity index (χ0n) is 8.07. The van der Waals surface area contributed by atoms with Gasteiger partial charge < -0.3 is 10.2 Å². The number of benzene rings is 1. The largest absolute Gasteiger partial charge is 0.508 e. The maximum absolute atomic E-state index is 9.59. The maximum Gasteiger partial charge on any atom is 0.115 e. The van der Waals surface area contributed by atoms with Crippen LogP contribution in [0.25, 0.3) is 0 Å². The molecule has 2 heteroatoms. The van der Waals surface area contributed by atoms with Gasteiger partial charge in [-0.2, -0.15) is 0 Å². The van der Waals surface area contributed by atoms with E-state index in [4.69, 9.17) is 0 Å². The van der Waals surface area contributed by atoms with Gasteiger partial charge in [0.1, 0.15) is 5.75 Å². The quantitative estimate of drug-likeness (QED) is 0.746. The minimum Gasteiger partial charge on any atom is -0.508 e. The molecule has 72 valence electrons. The van der Waals surface area contributed by atoms with Crippen molar-refractivity contribution in [3.8, 4) is 5.75 Å². The Hall–Kier alpha value is -1.02. The van der Waals surface area contributed by atoms with E-state index in [0.29, 0.717) is 6.42 Å². The van der Waals surface area contributed by atoms with Crippen molar-refractivity contribution in [1.82, 2.24) is 0 Å². The zero-order valence-corrected chi connectivity index (χ0v) is 8.07. The second-order valence-electron chi connectivity index (χ2n) is 3.69. The lowest BCUT2D eigenvalue weighted by atomic mass is 9.99. The van der Waals surface area contributed by atoms with Crippen LogP contribution in [0.4, 0.5) is 0 Å². The molecule has 0 spiro atoms. The van der Waals surface area contributed by atoms with Gasteiger partial charge in [-0.05, 0) is 30.0 Å². The average Bonchev–Trinajstić information content (AvgIpc) is 2.04. The molecule has 1 unspecified atom stereocenters. The Morgan fingerprint density at radius 2 is 2.00 bits per heavy atom. The molecule has 2 N–H and O–H groups in total. The molecule has 0 fully saturated rings. The first kappa shape index (κ1) is 10.1. The van der Waals surface area contributed by atoms with Gasteiger partial charge in [-0.25, -0.2) is 0 Å². The molecule has 2 nitrogen and oxygen atoms in total. The van der Waals surface area contributed by atoms with E-state index in [-0.39, 0.29) is 17.8 Å². The summed E-state index contributed by atoms with van der Waals surface area (Å²) in [7, 11) is 0. The predicted molar refractivity (Wildman–Crippen MR) is 52.7 cm³/mol. The first-order valence-corrected chi connectivity index (χ1v) is 4.55. The molecule has 1 aromatic rings. The van der Waals surface area contributed by atoms with Gasteiger partial charge in [0.05, 0.1) is 6.10 Å². The van der Waals surface area contributed by atoms with Crippen LogP contribution in [0.3, 0.4) is 0 Å². The Bertz CT molecular complexity index is 269. The molecule has 0 aliphatic rings. The van der Waals surface area contributed by atoms with Crippen LogP contribution in [-0.2, 0) is 6.42 Å². The molecule has 0 aliphatic heterocycles. The van der Waals surface area contributed by atoms with Gasteiger partial charge in [-0.15, -0.1) is 0 Å². The molecule has 1 atom stereocenters. The number of hydrogen-bond donors (Lipinski definition) is 2. The fourth-order valence-corrected chi connectivity index (χ4v) is 1.16. The third kappa shape index (κ3) is 3.07. The van der Waals surface area contributed by atoms with Crippen molar-refractivity contribution >= 4 is 0 Å². The number of phenolic OH excluding ortho intramolecular Hbond substituents is 1. The van der Waals surface area contributed by atoms with Crippen molar-refractivity contribution in [2.75, 3.05) is 0 Å². The third-order valence-corrected chi connectivity index (χ3v) is 2.12. The second kappa shape index (κ2) is 4.28. The molecule has 0 aliphatic carbocycles. The minimum absolute atomic E-state index is 0.252. The highest BCUT2D eigenvalue weighted by Gasteiger charge is 2.09. The molecule has 0 aromatic heterocycles. The molecule has 0 saturated carbocycles. The summed E-state index contributed by atoms with van der Waals surface area (Å²) in [5.74, 6) is 0.510. The highest BCUT2D eigenvalue weighted by atomic mass is 16.3. The molecule has 0 heterocycles. The van der Waals surface area contributed by atoms with E-state index >= 15 is 0 Å². The van der Waals surface area contributed by atoms with Crippen molar-refractivity contribution in [3.05, 3.63) is 29.8 Å². The van der Waals surface area contributed by atoms with E-state index in [1.165, 1.54) is 0 Å². The van der Waals surface area contributed by atoms with E-state index in [0.717, 1.165) is 5.56 Å². The maximum atomic E-state index is 9.59. The standard InChI is InChI=1S/C11H16O2/c1-8(2)11(13)7-9-4-3-5-10(12)6-9/h3-6,8,11-13H,7H2,1-2H3. The molecule has 0 radical (unpaired) electrons. The highest BCUT2D eigenvalue weighted by molar-refractivity contribution is 5.27. The Kier molecular flexibility index (Phi) is 3.32. The first-order valence-electron chi connectivity index (χ1n) is 4.55. The van der Waals surface area contributed by atoms with Crippen LogP contribution in [-0.4, -0.2) is 16.3 Å². The molecule has 0 saturated heterocycles. The molecular weight excluding hydrogens is 164 g/mol. The number of hydrogen-bond acceptors (Lipinski definition) is 2. The molecule has 13 heavy (non-hydrogen) atoms. The van der Waals surface area contributed by atoms with Crippen LogP contribution >= 0.6 is 0 Å². The van der Waals surface area contributed by atoms with Gasteiger partial charge in [0, 0.05) is 0 Å². The topological polar surface area (TPSA) is 40.5 Å². The van der Waals surface area contributed by atoms with E-state index in [1.807, 2.05) is 19.9 Å². The predicted octanol–water partition coefficient (Wildman–Crippen LogP) is 1.95. The van der Waals surface area contributed by atoms with Crippen molar-refractivity contribution in [1.29, 1.82) is 0 Å². The smallest absolute Gasteiger partial charge is 0.115 e. The first-order chi connectivity index (χ1) is 6.09. The molecule has 1 rings (SSSR count). The summed E-state index contributed by atoms with van der Waals surface area (Å²) < 4.78 is 0. The lowest BCUT2D eigenvalue weighted by Gasteiger charge is -2.14. The van der Waals surface area contributed by atoms with E-state index < -0.39 is 0 Å².